The zero-order valence-electron chi connectivity index (χ0n) is 11.5. The summed E-state index contributed by atoms with van der Waals surface area (Å²) in [6.07, 6.45) is 3.40. The second kappa shape index (κ2) is 6.99. The van der Waals surface area contributed by atoms with Crippen LogP contribution in [0.3, 0.4) is 0 Å². The molecule has 2 heterocycles. The zero-order valence-corrected chi connectivity index (χ0v) is 13.9. The third-order valence-electron chi connectivity index (χ3n) is 2.78. The molecule has 2 aromatic rings. The van der Waals surface area contributed by atoms with Crippen molar-refractivity contribution in [1.82, 2.24) is 14.8 Å². The molecule has 0 atom stereocenters. The van der Waals surface area contributed by atoms with Crippen molar-refractivity contribution >= 4 is 33.0 Å². The van der Waals surface area contributed by atoms with E-state index < -0.39 is 0 Å². The molecule has 0 spiro atoms. The summed E-state index contributed by atoms with van der Waals surface area (Å²) in [5.74, 6) is 0. The predicted molar refractivity (Wildman–Crippen MR) is 85.5 cm³/mol. The number of nitrogens with zero attached hydrogens (tertiary/aromatic N) is 3. The van der Waals surface area contributed by atoms with E-state index in [4.69, 9.17) is 0 Å². The Bertz CT molecular complexity index is 638. The number of aryl methyl sites for hydroxylation is 2. The lowest BCUT2D eigenvalue weighted by Gasteiger charge is -2.09. The largest absolute Gasteiger partial charge is 0.382 e. The summed E-state index contributed by atoms with van der Waals surface area (Å²) >= 11 is 4.99. The summed E-state index contributed by atoms with van der Waals surface area (Å²) in [6.45, 7) is 5.37. The van der Waals surface area contributed by atoms with E-state index in [-0.39, 0.29) is 5.56 Å². The van der Waals surface area contributed by atoms with Gasteiger partial charge in [-0.15, -0.1) is 11.3 Å². The van der Waals surface area contributed by atoms with Crippen molar-refractivity contribution in [2.24, 2.45) is 0 Å². The molecule has 20 heavy (non-hydrogen) atoms. The second-order valence-electron chi connectivity index (χ2n) is 4.44. The van der Waals surface area contributed by atoms with E-state index in [1.54, 1.807) is 17.5 Å². The summed E-state index contributed by atoms with van der Waals surface area (Å²) in [6, 6.07) is 0. The van der Waals surface area contributed by atoms with Crippen molar-refractivity contribution in [3.05, 3.63) is 37.1 Å². The van der Waals surface area contributed by atoms with E-state index in [9.17, 15) is 4.79 Å². The Morgan fingerprint density at radius 1 is 1.50 bits per heavy atom. The standard InChI is InChI=1S/C13H17BrN4OS/c1-3-6-18-13(19)12(14)11(7-16-18)15-5-4-10-8-20-9(2)17-10/h7-8,15H,3-6H2,1-2H3. The lowest BCUT2D eigenvalue weighted by Crippen LogP contribution is -2.24. The number of thiazole rings is 1. The fourth-order valence-corrected chi connectivity index (χ4v) is 2.90. The Labute approximate surface area is 130 Å². The van der Waals surface area contributed by atoms with Crippen LogP contribution in [0.4, 0.5) is 5.69 Å². The summed E-state index contributed by atoms with van der Waals surface area (Å²) < 4.78 is 2.01. The molecule has 0 bridgehead atoms. The quantitative estimate of drug-likeness (QED) is 0.864. The van der Waals surface area contributed by atoms with Gasteiger partial charge in [-0.3, -0.25) is 4.79 Å². The summed E-state index contributed by atoms with van der Waals surface area (Å²) in [4.78, 5) is 16.4. The highest BCUT2D eigenvalue weighted by Gasteiger charge is 2.08. The predicted octanol–water partition coefficient (Wildman–Crippen LogP) is 2.84. The molecular formula is C13H17BrN4OS. The normalized spacial score (nSPS) is 10.8. The molecular weight excluding hydrogens is 340 g/mol. The zero-order chi connectivity index (χ0) is 14.5. The highest BCUT2D eigenvalue weighted by Crippen LogP contribution is 2.16. The van der Waals surface area contributed by atoms with E-state index in [1.807, 2.05) is 13.8 Å². The van der Waals surface area contributed by atoms with E-state index in [0.29, 0.717) is 11.0 Å². The molecule has 2 aromatic heterocycles. The Kier molecular flexibility index (Phi) is 5.31. The first-order chi connectivity index (χ1) is 9.61. The van der Waals surface area contributed by atoms with Crippen LogP contribution >= 0.6 is 27.3 Å². The molecule has 0 unspecified atom stereocenters. The average Bonchev–Trinajstić information content (AvgIpc) is 2.84. The SMILES string of the molecule is CCCn1ncc(NCCc2csc(C)n2)c(Br)c1=O. The maximum Gasteiger partial charge on any atom is 0.283 e. The minimum absolute atomic E-state index is 0.0960. The monoisotopic (exact) mass is 356 g/mol. The van der Waals surface area contributed by atoms with Gasteiger partial charge in [0.15, 0.2) is 0 Å². The molecule has 0 fully saturated rings. The first kappa shape index (κ1) is 15.2. The second-order valence-corrected chi connectivity index (χ2v) is 6.29. The number of nitrogens with one attached hydrogen (secondary N) is 1. The van der Waals surface area contributed by atoms with Crippen molar-refractivity contribution in [3.63, 3.8) is 0 Å². The molecule has 1 N–H and O–H groups in total. The third-order valence-corrected chi connectivity index (χ3v) is 4.37. The van der Waals surface area contributed by atoms with Crippen LogP contribution in [0.15, 0.2) is 20.8 Å². The molecule has 0 aliphatic heterocycles. The topological polar surface area (TPSA) is 59.8 Å². The van der Waals surface area contributed by atoms with Crippen molar-refractivity contribution in [2.45, 2.75) is 33.2 Å². The summed E-state index contributed by atoms with van der Waals surface area (Å²) in [7, 11) is 0. The van der Waals surface area contributed by atoms with Gasteiger partial charge in [-0.2, -0.15) is 5.10 Å². The molecule has 0 aromatic carbocycles. The summed E-state index contributed by atoms with van der Waals surface area (Å²) in [5.41, 5.74) is 1.71. The van der Waals surface area contributed by atoms with Crippen LogP contribution in [0, 0.1) is 6.92 Å². The minimum atomic E-state index is -0.0960. The van der Waals surface area contributed by atoms with Crippen LogP contribution in [-0.2, 0) is 13.0 Å². The van der Waals surface area contributed by atoms with E-state index >= 15 is 0 Å². The highest BCUT2D eigenvalue weighted by atomic mass is 79.9. The lowest BCUT2D eigenvalue weighted by molar-refractivity contribution is 0.566. The smallest absolute Gasteiger partial charge is 0.283 e. The van der Waals surface area contributed by atoms with Gasteiger partial charge in [0, 0.05) is 24.9 Å². The first-order valence-corrected chi connectivity index (χ1v) is 8.19. The van der Waals surface area contributed by atoms with Gasteiger partial charge >= 0.3 is 0 Å². The van der Waals surface area contributed by atoms with Gasteiger partial charge in [-0.05, 0) is 29.3 Å². The molecule has 2 rings (SSSR count). The summed E-state index contributed by atoms with van der Waals surface area (Å²) in [5, 5.41) is 10.5. The molecule has 5 nitrogen and oxygen atoms in total. The van der Waals surface area contributed by atoms with Gasteiger partial charge in [0.05, 0.1) is 22.6 Å². The fourth-order valence-electron chi connectivity index (χ4n) is 1.81. The molecule has 0 saturated heterocycles. The fraction of sp³-hybridized carbons (Fsp3) is 0.462. The van der Waals surface area contributed by atoms with Crippen LogP contribution < -0.4 is 10.9 Å². The Balaban J connectivity index is 1.99. The van der Waals surface area contributed by atoms with Gasteiger partial charge in [-0.25, -0.2) is 9.67 Å². The van der Waals surface area contributed by atoms with Crippen molar-refractivity contribution in [1.29, 1.82) is 0 Å². The number of aromatic nitrogens is 3. The van der Waals surface area contributed by atoms with Gasteiger partial charge < -0.3 is 5.32 Å². The van der Waals surface area contributed by atoms with Gasteiger partial charge in [-0.1, -0.05) is 6.92 Å². The van der Waals surface area contributed by atoms with Crippen molar-refractivity contribution in [2.75, 3.05) is 11.9 Å². The highest BCUT2D eigenvalue weighted by molar-refractivity contribution is 9.10. The van der Waals surface area contributed by atoms with Crippen LogP contribution in [0.1, 0.15) is 24.0 Å². The Hall–Kier alpha value is -1.21. The van der Waals surface area contributed by atoms with Gasteiger partial charge in [0.2, 0.25) is 0 Å². The maximum absolute atomic E-state index is 12.0. The first-order valence-electron chi connectivity index (χ1n) is 6.52. The molecule has 0 saturated carbocycles. The molecule has 0 amide bonds. The molecule has 7 heteroatoms. The van der Waals surface area contributed by atoms with E-state index in [0.717, 1.165) is 35.8 Å². The lowest BCUT2D eigenvalue weighted by atomic mass is 10.3. The number of hydrogen-bond donors (Lipinski definition) is 1. The van der Waals surface area contributed by atoms with Crippen LogP contribution in [-0.4, -0.2) is 21.3 Å². The molecule has 108 valence electrons. The van der Waals surface area contributed by atoms with Crippen molar-refractivity contribution < 1.29 is 0 Å². The van der Waals surface area contributed by atoms with Crippen molar-refractivity contribution in [3.8, 4) is 0 Å². The number of halogens is 1. The van der Waals surface area contributed by atoms with Gasteiger partial charge in [0.1, 0.15) is 4.47 Å². The number of anilines is 1. The van der Waals surface area contributed by atoms with Crippen LogP contribution in [0.2, 0.25) is 0 Å². The van der Waals surface area contributed by atoms with E-state index in [1.165, 1.54) is 4.68 Å². The molecule has 0 radical (unpaired) electrons. The molecule has 0 aliphatic carbocycles. The van der Waals surface area contributed by atoms with E-state index in [2.05, 4.69) is 36.7 Å². The average molecular weight is 357 g/mol. The maximum atomic E-state index is 12.0. The number of rotatable bonds is 6. The number of hydrogen-bond acceptors (Lipinski definition) is 5. The Morgan fingerprint density at radius 3 is 2.95 bits per heavy atom. The minimum Gasteiger partial charge on any atom is -0.382 e. The molecule has 0 aliphatic rings. The van der Waals surface area contributed by atoms with Crippen LogP contribution in [0.5, 0.6) is 0 Å². The van der Waals surface area contributed by atoms with Crippen LogP contribution in [0.25, 0.3) is 0 Å². The third kappa shape index (κ3) is 3.67. The van der Waals surface area contributed by atoms with Gasteiger partial charge in [0.25, 0.3) is 5.56 Å². The Morgan fingerprint density at radius 2 is 2.30 bits per heavy atom.